The monoisotopic (exact) mass is 422 g/mol. The first-order valence-electron chi connectivity index (χ1n) is 9.54. The van der Waals surface area contributed by atoms with E-state index >= 15 is 0 Å². The Bertz CT molecular complexity index is 1100. The first-order chi connectivity index (χ1) is 14.0. The van der Waals surface area contributed by atoms with Crippen molar-refractivity contribution in [3.63, 3.8) is 0 Å². The summed E-state index contributed by atoms with van der Waals surface area (Å²) in [6.07, 6.45) is 6.72. The van der Waals surface area contributed by atoms with E-state index < -0.39 is 5.41 Å². The molecule has 1 N–H and O–H groups in total. The van der Waals surface area contributed by atoms with Crippen molar-refractivity contribution < 1.29 is 0 Å². The maximum Gasteiger partial charge on any atom is 0.130 e. The van der Waals surface area contributed by atoms with Crippen molar-refractivity contribution in [2.75, 3.05) is 0 Å². The topological polar surface area (TPSA) is 40.0 Å². The molecule has 2 aromatic rings. The molecule has 0 radical (unpaired) electrons. The number of amidine groups is 1. The average Bonchev–Trinajstić information content (AvgIpc) is 3.05. The second-order valence-corrected chi connectivity index (χ2v) is 8.67. The lowest BCUT2D eigenvalue weighted by atomic mass is 9.59. The maximum atomic E-state index is 6.38. The summed E-state index contributed by atoms with van der Waals surface area (Å²) < 4.78 is 0. The second kappa shape index (κ2) is 6.75. The molecule has 3 aliphatic heterocycles. The minimum absolute atomic E-state index is 0.0384. The Labute approximate surface area is 180 Å². The Kier molecular flexibility index (Phi) is 4.30. The summed E-state index contributed by atoms with van der Waals surface area (Å²) in [5, 5.41) is 5.98. The highest BCUT2D eigenvalue weighted by atomic mass is 35.5. The number of halogens is 2. The van der Waals surface area contributed by atoms with Crippen molar-refractivity contribution in [3.05, 3.63) is 88.2 Å². The van der Waals surface area contributed by atoms with Crippen LogP contribution in [0.3, 0.4) is 0 Å². The van der Waals surface area contributed by atoms with Crippen LogP contribution in [0, 0.1) is 0 Å². The number of hydrogen-bond donors (Lipinski definition) is 1. The lowest BCUT2D eigenvalue weighted by Gasteiger charge is -2.53. The number of benzene rings is 2. The second-order valence-electron chi connectivity index (χ2n) is 7.79. The number of rotatable bonds is 2. The summed E-state index contributed by atoms with van der Waals surface area (Å²) in [5.41, 5.74) is 6.86. The number of fused-ring (bicyclic) bond motifs is 3. The molecule has 0 aromatic heterocycles. The molecule has 5 rings (SSSR count). The third kappa shape index (κ3) is 2.74. The zero-order valence-corrected chi connectivity index (χ0v) is 17.5. The van der Waals surface area contributed by atoms with Gasteiger partial charge in [0.25, 0.3) is 0 Å². The summed E-state index contributed by atoms with van der Waals surface area (Å²) in [4.78, 5) is 7.03. The van der Waals surface area contributed by atoms with E-state index in [9.17, 15) is 0 Å². The van der Waals surface area contributed by atoms with Gasteiger partial charge in [0.05, 0.1) is 17.1 Å². The molecule has 1 spiro atoms. The molecule has 6 heteroatoms. The van der Waals surface area contributed by atoms with E-state index in [1.54, 1.807) is 0 Å². The molecule has 4 nitrogen and oxygen atoms in total. The average molecular weight is 423 g/mol. The van der Waals surface area contributed by atoms with Crippen molar-refractivity contribution in [1.29, 1.82) is 0 Å². The molecule has 1 saturated heterocycles. The highest BCUT2D eigenvalue weighted by molar-refractivity contribution is 6.31. The number of nitrogens with one attached hydrogen (secondary N) is 1. The summed E-state index contributed by atoms with van der Waals surface area (Å²) >= 11 is 12.7. The summed E-state index contributed by atoms with van der Waals surface area (Å²) in [6.45, 7) is 6.43. The van der Waals surface area contributed by atoms with Gasteiger partial charge < -0.3 is 4.90 Å². The van der Waals surface area contributed by atoms with Crippen LogP contribution in [0.5, 0.6) is 0 Å². The fraction of sp³-hybridized carbons (Fsp3) is 0.217. The smallest absolute Gasteiger partial charge is 0.130 e. The minimum Gasteiger partial charge on any atom is -0.325 e. The Morgan fingerprint density at radius 3 is 2.83 bits per heavy atom. The van der Waals surface area contributed by atoms with Crippen LogP contribution < -0.4 is 5.43 Å². The highest BCUT2D eigenvalue weighted by Crippen LogP contribution is 2.55. The van der Waals surface area contributed by atoms with E-state index in [0.29, 0.717) is 5.02 Å². The van der Waals surface area contributed by atoms with Gasteiger partial charge in [-0.1, -0.05) is 53.6 Å². The number of hydrazone groups is 1. The van der Waals surface area contributed by atoms with Crippen LogP contribution in [-0.4, -0.2) is 23.0 Å². The van der Waals surface area contributed by atoms with Crippen LogP contribution in [0.1, 0.15) is 30.4 Å². The van der Waals surface area contributed by atoms with Crippen LogP contribution in [-0.2, 0) is 5.41 Å². The van der Waals surface area contributed by atoms with Gasteiger partial charge in [-0.2, -0.15) is 5.10 Å². The van der Waals surface area contributed by atoms with Crippen LogP contribution in [0.15, 0.2) is 77.1 Å². The van der Waals surface area contributed by atoms with Gasteiger partial charge in [0.2, 0.25) is 0 Å². The van der Waals surface area contributed by atoms with E-state index in [1.807, 2.05) is 42.7 Å². The zero-order valence-electron chi connectivity index (χ0n) is 15.9. The predicted octanol–water partition coefficient (Wildman–Crippen LogP) is 5.77. The minimum atomic E-state index is -0.406. The third-order valence-corrected chi connectivity index (χ3v) is 6.53. The van der Waals surface area contributed by atoms with E-state index in [4.69, 9.17) is 28.2 Å². The van der Waals surface area contributed by atoms with E-state index in [2.05, 4.69) is 47.3 Å². The number of hydrogen-bond acceptors (Lipinski definition) is 4. The third-order valence-electron chi connectivity index (χ3n) is 6.06. The molecule has 0 saturated carbocycles. The zero-order chi connectivity index (χ0) is 20.2. The molecular formula is C23H20Cl2N4. The van der Waals surface area contributed by atoms with Gasteiger partial charge in [-0.25, -0.2) is 0 Å². The quantitative estimate of drug-likeness (QED) is 0.623. The Morgan fingerprint density at radius 2 is 2.03 bits per heavy atom. The van der Waals surface area contributed by atoms with Gasteiger partial charge in [-0.3, -0.25) is 10.4 Å². The van der Waals surface area contributed by atoms with Crippen LogP contribution in [0.25, 0.3) is 0 Å². The van der Waals surface area contributed by atoms with Gasteiger partial charge in [0.1, 0.15) is 5.84 Å². The molecule has 2 aromatic carbocycles. The van der Waals surface area contributed by atoms with Gasteiger partial charge in [0, 0.05) is 41.0 Å². The molecule has 3 unspecified atom stereocenters. The summed E-state index contributed by atoms with van der Waals surface area (Å²) in [6, 6.07) is 14.0. The lowest BCUT2D eigenvalue weighted by molar-refractivity contribution is 0.257. The molecular weight excluding hydrogens is 403 g/mol. The molecule has 29 heavy (non-hydrogen) atoms. The molecule has 0 bridgehead atoms. The van der Waals surface area contributed by atoms with E-state index in [0.717, 1.165) is 39.7 Å². The molecule has 0 aliphatic carbocycles. The predicted molar refractivity (Wildman–Crippen MR) is 120 cm³/mol. The molecule has 3 heterocycles. The van der Waals surface area contributed by atoms with Crippen molar-refractivity contribution in [3.8, 4) is 0 Å². The first kappa shape index (κ1) is 18.5. The van der Waals surface area contributed by atoms with Crippen molar-refractivity contribution in [2.24, 2.45) is 10.1 Å². The van der Waals surface area contributed by atoms with Gasteiger partial charge in [-0.05, 0) is 42.3 Å². The Hall–Kier alpha value is -2.56. The van der Waals surface area contributed by atoms with Crippen LogP contribution >= 0.6 is 23.2 Å². The Morgan fingerprint density at radius 1 is 1.21 bits per heavy atom. The summed E-state index contributed by atoms with van der Waals surface area (Å²) in [7, 11) is 0. The van der Waals surface area contributed by atoms with Gasteiger partial charge in [0.15, 0.2) is 0 Å². The van der Waals surface area contributed by atoms with E-state index in [-0.39, 0.29) is 12.0 Å². The Balaban J connectivity index is 1.79. The van der Waals surface area contributed by atoms with Crippen molar-refractivity contribution in [1.82, 2.24) is 10.3 Å². The molecule has 1 fully saturated rings. The van der Waals surface area contributed by atoms with Crippen molar-refractivity contribution in [2.45, 2.75) is 30.7 Å². The number of piperidine rings is 1. The van der Waals surface area contributed by atoms with Gasteiger partial charge >= 0.3 is 0 Å². The highest BCUT2D eigenvalue weighted by Gasteiger charge is 2.56. The fourth-order valence-corrected chi connectivity index (χ4v) is 5.37. The van der Waals surface area contributed by atoms with Crippen LogP contribution in [0.4, 0.5) is 5.69 Å². The lowest BCUT2D eigenvalue weighted by Crippen LogP contribution is -2.60. The normalized spacial score (nSPS) is 26.7. The van der Waals surface area contributed by atoms with Gasteiger partial charge in [-0.15, -0.1) is 0 Å². The van der Waals surface area contributed by atoms with Crippen molar-refractivity contribution >= 4 is 40.9 Å². The summed E-state index contributed by atoms with van der Waals surface area (Å²) in [5.74, 6) is 1.07. The number of aliphatic imine (C=N–C) groups is 1. The van der Waals surface area contributed by atoms with Crippen LogP contribution in [0.2, 0.25) is 10.0 Å². The fourth-order valence-electron chi connectivity index (χ4n) is 5.01. The number of nitrogens with zero attached hydrogens (tertiary/aromatic N) is 3. The standard InChI is InChI=1S/C23H20Cl2N4/c1-14(2)22-23(13-26-20-11-17(25)6-7-18(20)23)19(15-4-3-5-16(24)10-15)12-21-28-27-8-9-29(21)22/h3-11,13,19,22,27H,1,12H2,2H3. The molecule has 3 aliphatic rings. The molecule has 3 atom stereocenters. The SMILES string of the molecule is C=C(C)C1N2C=CNN=C2CC(c2cccc(Cl)c2)C12C=Nc1cc(Cl)ccc12. The first-order valence-corrected chi connectivity index (χ1v) is 10.3. The molecule has 146 valence electrons. The largest absolute Gasteiger partial charge is 0.325 e. The maximum absolute atomic E-state index is 6.38. The van der Waals surface area contributed by atoms with E-state index in [1.165, 1.54) is 0 Å². The molecule has 0 amide bonds.